The summed E-state index contributed by atoms with van der Waals surface area (Å²) in [5, 5.41) is 11.5. The third-order valence-electron chi connectivity index (χ3n) is 2.52. The van der Waals surface area contributed by atoms with Gasteiger partial charge < -0.3 is 15.3 Å². The van der Waals surface area contributed by atoms with Crippen molar-refractivity contribution in [2.24, 2.45) is 5.92 Å². The summed E-state index contributed by atoms with van der Waals surface area (Å²) in [5.74, 6) is -0.689. The number of amides is 2. The van der Waals surface area contributed by atoms with Crippen LogP contribution in [0.15, 0.2) is 0 Å². The Labute approximate surface area is 95.8 Å². The molecular weight excluding hydrogens is 208 g/mol. The Morgan fingerprint density at radius 2 is 2.06 bits per heavy atom. The van der Waals surface area contributed by atoms with E-state index < -0.39 is 5.97 Å². The van der Waals surface area contributed by atoms with Crippen LogP contribution in [0.4, 0.5) is 4.79 Å². The lowest BCUT2D eigenvalue weighted by Gasteiger charge is -2.25. The number of hydrogen-bond donors (Lipinski definition) is 2. The Morgan fingerprint density at radius 1 is 1.44 bits per heavy atom. The lowest BCUT2D eigenvalue weighted by Crippen LogP contribution is -2.47. The van der Waals surface area contributed by atoms with E-state index in [1.807, 2.05) is 20.8 Å². The van der Waals surface area contributed by atoms with Crippen LogP contribution in [0.5, 0.6) is 0 Å². The van der Waals surface area contributed by atoms with Crippen LogP contribution < -0.4 is 5.32 Å². The number of rotatable bonds is 2. The van der Waals surface area contributed by atoms with E-state index in [9.17, 15) is 9.59 Å². The first-order valence-electron chi connectivity index (χ1n) is 5.57. The number of likely N-dealkylation sites (tertiary alicyclic amines) is 1. The zero-order valence-corrected chi connectivity index (χ0v) is 10.1. The van der Waals surface area contributed by atoms with Gasteiger partial charge in [0.2, 0.25) is 0 Å². The highest BCUT2D eigenvalue weighted by Crippen LogP contribution is 2.19. The molecule has 0 spiro atoms. The minimum atomic E-state index is -0.789. The van der Waals surface area contributed by atoms with E-state index in [4.69, 9.17) is 5.11 Å². The zero-order chi connectivity index (χ0) is 12.3. The number of carboxylic acid groups (broad SMARTS) is 1. The number of carbonyl (C=O) groups is 2. The maximum Gasteiger partial charge on any atom is 0.317 e. The molecule has 1 aliphatic heterocycles. The number of nitrogens with zero attached hydrogens (tertiary/aromatic N) is 1. The average molecular weight is 228 g/mol. The van der Waals surface area contributed by atoms with Crippen LogP contribution in [-0.2, 0) is 4.79 Å². The third kappa shape index (κ3) is 4.08. The van der Waals surface area contributed by atoms with Crippen LogP contribution in [0.3, 0.4) is 0 Å². The van der Waals surface area contributed by atoms with Crippen LogP contribution >= 0.6 is 0 Å². The molecule has 0 aromatic rings. The number of carboxylic acids is 1. The zero-order valence-electron chi connectivity index (χ0n) is 10.1. The van der Waals surface area contributed by atoms with Gasteiger partial charge >= 0.3 is 12.0 Å². The van der Waals surface area contributed by atoms with E-state index in [0.717, 1.165) is 6.42 Å². The fourth-order valence-corrected chi connectivity index (χ4v) is 1.83. The summed E-state index contributed by atoms with van der Waals surface area (Å²) in [6, 6.07) is -0.0969. The molecule has 1 rings (SSSR count). The summed E-state index contributed by atoms with van der Waals surface area (Å²) >= 11 is 0. The predicted octanol–water partition coefficient (Wildman–Crippen LogP) is 1.29. The molecule has 1 atom stereocenters. The van der Waals surface area contributed by atoms with E-state index in [2.05, 4.69) is 5.32 Å². The van der Waals surface area contributed by atoms with Gasteiger partial charge in [0, 0.05) is 25.0 Å². The first kappa shape index (κ1) is 12.8. The molecule has 2 amide bonds. The molecule has 1 unspecified atom stereocenters. The van der Waals surface area contributed by atoms with Crippen molar-refractivity contribution in [1.29, 1.82) is 0 Å². The summed E-state index contributed by atoms with van der Waals surface area (Å²) in [7, 11) is 0. The highest BCUT2D eigenvalue weighted by molar-refractivity contribution is 5.75. The maximum atomic E-state index is 11.8. The van der Waals surface area contributed by atoms with Crippen molar-refractivity contribution in [3.63, 3.8) is 0 Å². The quantitative estimate of drug-likeness (QED) is 0.748. The minimum absolute atomic E-state index is 0.0969. The lowest BCUT2D eigenvalue weighted by atomic mass is 10.1. The number of carbonyl (C=O) groups excluding carboxylic acids is 1. The van der Waals surface area contributed by atoms with Crippen LogP contribution in [0, 0.1) is 5.92 Å². The van der Waals surface area contributed by atoms with Gasteiger partial charge in [0.05, 0.1) is 0 Å². The topological polar surface area (TPSA) is 69.6 Å². The SMILES string of the molecule is CC(C)(C)NC(=O)N1CCC(CC(=O)O)C1. The number of hydrogen-bond acceptors (Lipinski definition) is 2. The monoisotopic (exact) mass is 228 g/mol. The number of nitrogens with one attached hydrogen (secondary N) is 1. The van der Waals surface area contributed by atoms with Crippen molar-refractivity contribution < 1.29 is 14.7 Å². The van der Waals surface area contributed by atoms with Crippen molar-refractivity contribution in [2.75, 3.05) is 13.1 Å². The first-order chi connectivity index (χ1) is 7.28. The van der Waals surface area contributed by atoms with E-state index in [1.54, 1.807) is 4.90 Å². The normalized spacial score (nSPS) is 20.9. The van der Waals surface area contributed by atoms with E-state index >= 15 is 0 Å². The van der Waals surface area contributed by atoms with Gasteiger partial charge in [-0.2, -0.15) is 0 Å². The van der Waals surface area contributed by atoms with Gasteiger partial charge in [-0.1, -0.05) is 0 Å². The molecule has 0 bridgehead atoms. The Kier molecular flexibility index (Phi) is 3.78. The van der Waals surface area contributed by atoms with Gasteiger partial charge in [-0.05, 0) is 33.1 Å². The molecule has 1 heterocycles. The van der Waals surface area contributed by atoms with Gasteiger partial charge in [0.15, 0.2) is 0 Å². The third-order valence-corrected chi connectivity index (χ3v) is 2.52. The molecule has 16 heavy (non-hydrogen) atoms. The Bertz CT molecular complexity index is 283. The largest absolute Gasteiger partial charge is 0.481 e. The molecule has 1 fully saturated rings. The number of urea groups is 1. The van der Waals surface area contributed by atoms with Gasteiger partial charge in [-0.25, -0.2) is 4.79 Å². The van der Waals surface area contributed by atoms with E-state index in [-0.39, 0.29) is 23.9 Å². The molecule has 0 radical (unpaired) electrons. The summed E-state index contributed by atoms with van der Waals surface area (Å²) < 4.78 is 0. The van der Waals surface area contributed by atoms with Crippen molar-refractivity contribution in [3.05, 3.63) is 0 Å². The van der Waals surface area contributed by atoms with Gasteiger partial charge in [-0.15, -0.1) is 0 Å². The summed E-state index contributed by atoms with van der Waals surface area (Å²) in [6.07, 6.45) is 0.934. The molecule has 0 saturated carbocycles. The Balaban J connectivity index is 2.41. The molecular formula is C11H20N2O3. The van der Waals surface area contributed by atoms with Crippen LogP contribution in [0.1, 0.15) is 33.6 Å². The van der Waals surface area contributed by atoms with Crippen LogP contribution in [0.25, 0.3) is 0 Å². The smallest absolute Gasteiger partial charge is 0.317 e. The van der Waals surface area contributed by atoms with E-state index in [0.29, 0.717) is 13.1 Å². The summed E-state index contributed by atoms with van der Waals surface area (Å²) in [6.45, 7) is 6.98. The maximum absolute atomic E-state index is 11.8. The molecule has 92 valence electrons. The molecule has 2 N–H and O–H groups in total. The first-order valence-corrected chi connectivity index (χ1v) is 5.57. The fourth-order valence-electron chi connectivity index (χ4n) is 1.83. The Morgan fingerprint density at radius 3 is 2.56 bits per heavy atom. The van der Waals surface area contributed by atoms with Crippen LogP contribution in [-0.4, -0.2) is 40.6 Å². The standard InChI is InChI=1S/C11H20N2O3/c1-11(2,3)12-10(16)13-5-4-8(7-13)6-9(14)15/h8H,4-7H2,1-3H3,(H,12,16)(H,14,15). The fraction of sp³-hybridized carbons (Fsp3) is 0.818. The molecule has 1 saturated heterocycles. The minimum Gasteiger partial charge on any atom is -0.481 e. The average Bonchev–Trinajstić information content (AvgIpc) is 2.48. The second kappa shape index (κ2) is 4.72. The van der Waals surface area contributed by atoms with Crippen LogP contribution in [0.2, 0.25) is 0 Å². The molecule has 0 aromatic carbocycles. The van der Waals surface area contributed by atoms with Crippen molar-refractivity contribution in [2.45, 2.75) is 39.2 Å². The molecule has 5 heteroatoms. The van der Waals surface area contributed by atoms with Gasteiger partial charge in [0.25, 0.3) is 0 Å². The van der Waals surface area contributed by atoms with Gasteiger partial charge in [0.1, 0.15) is 0 Å². The van der Waals surface area contributed by atoms with Gasteiger partial charge in [-0.3, -0.25) is 4.79 Å². The molecule has 0 aliphatic carbocycles. The molecule has 0 aromatic heterocycles. The lowest BCUT2D eigenvalue weighted by molar-refractivity contribution is -0.138. The summed E-state index contributed by atoms with van der Waals surface area (Å²) in [4.78, 5) is 24.0. The second-order valence-electron chi connectivity index (χ2n) is 5.38. The second-order valence-corrected chi connectivity index (χ2v) is 5.38. The number of aliphatic carboxylic acids is 1. The van der Waals surface area contributed by atoms with Crippen molar-refractivity contribution in [1.82, 2.24) is 10.2 Å². The molecule has 1 aliphatic rings. The van der Waals surface area contributed by atoms with Crippen molar-refractivity contribution in [3.8, 4) is 0 Å². The van der Waals surface area contributed by atoms with E-state index in [1.165, 1.54) is 0 Å². The molecule has 5 nitrogen and oxygen atoms in total. The Hall–Kier alpha value is -1.26. The summed E-state index contributed by atoms with van der Waals surface area (Å²) in [5.41, 5.74) is -0.248. The van der Waals surface area contributed by atoms with Crippen molar-refractivity contribution >= 4 is 12.0 Å². The highest BCUT2D eigenvalue weighted by Gasteiger charge is 2.29. The highest BCUT2D eigenvalue weighted by atomic mass is 16.4. The predicted molar refractivity (Wildman–Crippen MR) is 60.2 cm³/mol.